The predicted octanol–water partition coefficient (Wildman–Crippen LogP) is 5.25. The van der Waals surface area contributed by atoms with Crippen molar-refractivity contribution in [3.8, 4) is 0 Å². The van der Waals surface area contributed by atoms with E-state index >= 15 is 0 Å². The van der Waals surface area contributed by atoms with Gasteiger partial charge in [-0.1, -0.05) is 64.5 Å². The number of aliphatic hydroxyl groups excluding tert-OH is 1. The number of unbranched alkanes of at least 4 members (excludes halogenated alkanes) is 4. The van der Waals surface area contributed by atoms with Crippen molar-refractivity contribution in [1.82, 2.24) is 0 Å². The quantitative estimate of drug-likeness (QED) is 0.270. The monoisotopic (exact) mass is 314 g/mol. The molecule has 22 heavy (non-hydrogen) atoms. The van der Waals surface area contributed by atoms with Gasteiger partial charge in [0.05, 0.1) is 12.2 Å². The molecule has 0 saturated carbocycles. The largest absolute Gasteiger partial charge is 0.389 e. The summed E-state index contributed by atoms with van der Waals surface area (Å²) in [5, 5.41) is 8.97. The molecule has 2 unspecified atom stereocenters. The van der Waals surface area contributed by atoms with E-state index in [-0.39, 0.29) is 12.2 Å². The SMILES string of the molecule is C=CC(CCCCC)OCOCC.C=CC(O)CCCCC. The number of aliphatic hydroxyl groups is 1. The van der Waals surface area contributed by atoms with Gasteiger partial charge in [0, 0.05) is 6.61 Å². The summed E-state index contributed by atoms with van der Waals surface area (Å²) in [5.74, 6) is 0. The molecule has 0 aliphatic carbocycles. The lowest BCUT2D eigenvalue weighted by Crippen LogP contribution is -2.12. The average molecular weight is 315 g/mol. The number of hydrogen-bond donors (Lipinski definition) is 1. The van der Waals surface area contributed by atoms with Crippen molar-refractivity contribution in [3.05, 3.63) is 25.3 Å². The third-order valence-electron chi connectivity index (χ3n) is 3.30. The molecule has 132 valence electrons. The van der Waals surface area contributed by atoms with E-state index < -0.39 is 0 Å². The van der Waals surface area contributed by atoms with Crippen LogP contribution in [0.3, 0.4) is 0 Å². The normalized spacial score (nSPS) is 12.9. The molecule has 0 aromatic heterocycles. The third-order valence-corrected chi connectivity index (χ3v) is 3.30. The molecule has 0 bridgehead atoms. The van der Waals surface area contributed by atoms with Gasteiger partial charge in [-0.25, -0.2) is 0 Å². The second kappa shape index (κ2) is 20.4. The lowest BCUT2D eigenvalue weighted by atomic mass is 10.1. The summed E-state index contributed by atoms with van der Waals surface area (Å²) in [6.45, 7) is 14.6. The highest BCUT2D eigenvalue weighted by Crippen LogP contribution is 2.07. The lowest BCUT2D eigenvalue weighted by Gasteiger charge is -2.13. The van der Waals surface area contributed by atoms with Crippen LogP contribution < -0.4 is 0 Å². The van der Waals surface area contributed by atoms with Crippen LogP contribution in [0.25, 0.3) is 0 Å². The minimum absolute atomic E-state index is 0.165. The van der Waals surface area contributed by atoms with E-state index in [0.29, 0.717) is 13.4 Å². The zero-order valence-electron chi connectivity index (χ0n) is 15.1. The summed E-state index contributed by atoms with van der Waals surface area (Å²) in [6.07, 6.45) is 12.5. The van der Waals surface area contributed by atoms with Gasteiger partial charge in [0.15, 0.2) is 0 Å². The first kappa shape index (κ1) is 23.6. The van der Waals surface area contributed by atoms with Crippen molar-refractivity contribution in [3.63, 3.8) is 0 Å². The Kier molecular flexibility index (Phi) is 21.9. The molecule has 0 heterocycles. The predicted molar refractivity (Wildman–Crippen MR) is 96.1 cm³/mol. The van der Waals surface area contributed by atoms with Gasteiger partial charge in [-0.2, -0.15) is 0 Å². The minimum atomic E-state index is -0.281. The Balaban J connectivity index is 0. The molecule has 0 rings (SSSR count). The molecule has 0 aromatic rings. The van der Waals surface area contributed by atoms with E-state index in [1.54, 1.807) is 6.08 Å². The van der Waals surface area contributed by atoms with Crippen LogP contribution in [0.5, 0.6) is 0 Å². The molecular formula is C19H38O3. The van der Waals surface area contributed by atoms with Gasteiger partial charge >= 0.3 is 0 Å². The van der Waals surface area contributed by atoms with E-state index in [0.717, 1.165) is 19.3 Å². The fraction of sp³-hybridized carbons (Fsp3) is 0.789. The highest BCUT2D eigenvalue weighted by Gasteiger charge is 2.02. The molecule has 3 heteroatoms. The molecule has 0 spiro atoms. The van der Waals surface area contributed by atoms with Gasteiger partial charge in [-0.15, -0.1) is 13.2 Å². The van der Waals surface area contributed by atoms with Crippen LogP contribution in [0.4, 0.5) is 0 Å². The summed E-state index contributed by atoms with van der Waals surface area (Å²) in [4.78, 5) is 0. The van der Waals surface area contributed by atoms with E-state index in [2.05, 4.69) is 27.0 Å². The average Bonchev–Trinajstić information content (AvgIpc) is 2.54. The fourth-order valence-corrected chi connectivity index (χ4v) is 1.80. The Hall–Kier alpha value is -0.640. The smallest absolute Gasteiger partial charge is 0.147 e. The van der Waals surface area contributed by atoms with Gasteiger partial charge in [-0.05, 0) is 19.8 Å². The summed E-state index contributed by atoms with van der Waals surface area (Å²) in [6, 6.07) is 0. The molecule has 0 aliphatic heterocycles. The third kappa shape index (κ3) is 19.4. The van der Waals surface area contributed by atoms with Crippen molar-refractivity contribution < 1.29 is 14.6 Å². The molecule has 3 nitrogen and oxygen atoms in total. The molecule has 0 fully saturated rings. The second-order valence-corrected chi connectivity index (χ2v) is 5.35. The lowest BCUT2D eigenvalue weighted by molar-refractivity contribution is -0.0737. The Labute approximate surface area is 138 Å². The Bertz CT molecular complexity index is 219. The maximum absolute atomic E-state index is 8.97. The highest BCUT2D eigenvalue weighted by molar-refractivity contribution is 4.79. The standard InChI is InChI=1S/C11H22O2.C8H16O/c1-4-7-8-9-11(5-2)13-10-12-6-3;1-3-5-6-7-8(9)4-2/h5,11H,2,4,6-10H2,1,3H3;4,8-9H,2-3,5-7H2,1H3. The van der Waals surface area contributed by atoms with Crippen LogP contribution in [0.1, 0.15) is 72.1 Å². The van der Waals surface area contributed by atoms with E-state index in [4.69, 9.17) is 14.6 Å². The molecular weight excluding hydrogens is 276 g/mol. The minimum Gasteiger partial charge on any atom is -0.389 e. The van der Waals surface area contributed by atoms with E-state index in [9.17, 15) is 0 Å². The van der Waals surface area contributed by atoms with Gasteiger partial charge < -0.3 is 14.6 Å². The van der Waals surface area contributed by atoms with Crippen molar-refractivity contribution >= 4 is 0 Å². The topological polar surface area (TPSA) is 38.7 Å². The molecule has 0 aliphatic rings. The first-order chi connectivity index (χ1) is 10.7. The summed E-state index contributed by atoms with van der Waals surface area (Å²) in [5.41, 5.74) is 0. The number of rotatable bonds is 14. The van der Waals surface area contributed by atoms with Gasteiger partial charge in [-0.3, -0.25) is 0 Å². The van der Waals surface area contributed by atoms with Crippen molar-refractivity contribution in [2.24, 2.45) is 0 Å². The van der Waals surface area contributed by atoms with Crippen LogP contribution in [-0.4, -0.2) is 30.7 Å². The maximum atomic E-state index is 8.97. The van der Waals surface area contributed by atoms with Gasteiger partial charge in [0.1, 0.15) is 6.79 Å². The highest BCUT2D eigenvalue weighted by atomic mass is 16.7. The molecule has 2 atom stereocenters. The molecule has 0 saturated heterocycles. The van der Waals surface area contributed by atoms with Crippen LogP contribution in [0, 0.1) is 0 Å². The molecule has 0 amide bonds. The van der Waals surface area contributed by atoms with E-state index in [1.807, 2.05) is 13.0 Å². The summed E-state index contributed by atoms with van der Waals surface area (Å²) in [7, 11) is 0. The Morgan fingerprint density at radius 2 is 1.50 bits per heavy atom. The maximum Gasteiger partial charge on any atom is 0.147 e. The number of ether oxygens (including phenoxy) is 2. The van der Waals surface area contributed by atoms with Crippen LogP contribution in [0.2, 0.25) is 0 Å². The van der Waals surface area contributed by atoms with Crippen molar-refractivity contribution in [2.75, 3.05) is 13.4 Å². The molecule has 0 radical (unpaired) electrons. The zero-order chi connectivity index (χ0) is 17.1. The first-order valence-corrected chi connectivity index (χ1v) is 8.78. The summed E-state index contributed by atoms with van der Waals surface area (Å²) < 4.78 is 10.5. The fourth-order valence-electron chi connectivity index (χ4n) is 1.80. The van der Waals surface area contributed by atoms with Crippen LogP contribution >= 0.6 is 0 Å². The summed E-state index contributed by atoms with van der Waals surface area (Å²) >= 11 is 0. The van der Waals surface area contributed by atoms with Gasteiger partial charge in [0.25, 0.3) is 0 Å². The Morgan fingerprint density at radius 3 is 1.95 bits per heavy atom. The molecule has 1 N–H and O–H groups in total. The molecule has 0 aromatic carbocycles. The van der Waals surface area contributed by atoms with Crippen molar-refractivity contribution in [1.29, 1.82) is 0 Å². The van der Waals surface area contributed by atoms with Crippen molar-refractivity contribution in [2.45, 2.75) is 84.3 Å². The number of hydrogen-bond acceptors (Lipinski definition) is 3. The Morgan fingerprint density at radius 1 is 0.909 bits per heavy atom. The van der Waals surface area contributed by atoms with E-state index in [1.165, 1.54) is 32.1 Å². The zero-order valence-corrected chi connectivity index (χ0v) is 15.1. The van der Waals surface area contributed by atoms with Crippen LogP contribution in [-0.2, 0) is 9.47 Å². The van der Waals surface area contributed by atoms with Crippen LogP contribution in [0.15, 0.2) is 25.3 Å². The van der Waals surface area contributed by atoms with Gasteiger partial charge in [0.2, 0.25) is 0 Å². The first-order valence-electron chi connectivity index (χ1n) is 8.78. The second-order valence-electron chi connectivity index (χ2n) is 5.35.